The SMILES string of the molecule is CCCCCCOc1ccc(C(=O)NNC(=S)NC(=O)c2sc3ccccc3c2Cl)cc1. The van der Waals surface area contributed by atoms with Crippen molar-refractivity contribution >= 4 is 62.2 Å². The van der Waals surface area contributed by atoms with Gasteiger partial charge in [-0.15, -0.1) is 11.3 Å². The van der Waals surface area contributed by atoms with Crippen molar-refractivity contribution in [3.05, 3.63) is 64.0 Å². The van der Waals surface area contributed by atoms with Gasteiger partial charge in [0.2, 0.25) is 0 Å². The monoisotopic (exact) mass is 489 g/mol. The minimum Gasteiger partial charge on any atom is -0.494 e. The van der Waals surface area contributed by atoms with Crippen LogP contribution in [0.2, 0.25) is 5.02 Å². The van der Waals surface area contributed by atoms with Gasteiger partial charge in [0.1, 0.15) is 10.6 Å². The van der Waals surface area contributed by atoms with Crippen molar-refractivity contribution < 1.29 is 14.3 Å². The van der Waals surface area contributed by atoms with E-state index in [1.165, 1.54) is 24.2 Å². The van der Waals surface area contributed by atoms with Gasteiger partial charge in [-0.25, -0.2) is 0 Å². The number of rotatable bonds is 8. The number of hydrogen-bond acceptors (Lipinski definition) is 5. The summed E-state index contributed by atoms with van der Waals surface area (Å²) < 4.78 is 6.58. The number of hydrazine groups is 1. The predicted molar refractivity (Wildman–Crippen MR) is 134 cm³/mol. The molecule has 2 aromatic carbocycles. The molecule has 1 aromatic heterocycles. The summed E-state index contributed by atoms with van der Waals surface area (Å²) in [4.78, 5) is 25.2. The van der Waals surface area contributed by atoms with Crippen LogP contribution < -0.4 is 20.9 Å². The molecular formula is C23H24ClN3O3S2. The summed E-state index contributed by atoms with van der Waals surface area (Å²) in [5.41, 5.74) is 5.43. The second kappa shape index (κ2) is 11.8. The molecule has 32 heavy (non-hydrogen) atoms. The van der Waals surface area contributed by atoms with E-state index >= 15 is 0 Å². The molecular weight excluding hydrogens is 466 g/mol. The molecule has 168 valence electrons. The summed E-state index contributed by atoms with van der Waals surface area (Å²) >= 11 is 12.7. The summed E-state index contributed by atoms with van der Waals surface area (Å²) in [7, 11) is 0. The molecule has 0 radical (unpaired) electrons. The van der Waals surface area contributed by atoms with Crippen LogP contribution in [0.4, 0.5) is 0 Å². The molecule has 0 aliphatic carbocycles. The van der Waals surface area contributed by atoms with Crippen molar-refractivity contribution in [1.29, 1.82) is 0 Å². The van der Waals surface area contributed by atoms with Crippen LogP contribution in [-0.2, 0) is 0 Å². The number of ether oxygens (including phenoxy) is 1. The molecule has 1 heterocycles. The number of fused-ring (bicyclic) bond motifs is 1. The lowest BCUT2D eigenvalue weighted by Crippen LogP contribution is -2.48. The molecule has 2 amide bonds. The lowest BCUT2D eigenvalue weighted by Gasteiger charge is -2.11. The first-order chi connectivity index (χ1) is 15.5. The van der Waals surface area contributed by atoms with E-state index in [4.69, 9.17) is 28.6 Å². The maximum atomic E-state index is 12.5. The van der Waals surface area contributed by atoms with Gasteiger partial charge in [0.05, 0.1) is 11.6 Å². The number of thiophene rings is 1. The highest BCUT2D eigenvalue weighted by Crippen LogP contribution is 2.34. The first-order valence-corrected chi connectivity index (χ1v) is 11.9. The first-order valence-electron chi connectivity index (χ1n) is 10.3. The number of thiocarbonyl (C=S) groups is 1. The fourth-order valence-corrected chi connectivity index (χ4v) is 4.51. The average molecular weight is 490 g/mol. The van der Waals surface area contributed by atoms with E-state index < -0.39 is 11.8 Å². The molecule has 6 nitrogen and oxygen atoms in total. The Bertz CT molecular complexity index is 1100. The number of amides is 2. The number of unbranched alkanes of at least 4 members (excludes halogenated alkanes) is 3. The van der Waals surface area contributed by atoms with Crippen LogP contribution in [0.1, 0.15) is 52.6 Å². The van der Waals surface area contributed by atoms with Gasteiger partial charge in [-0.1, -0.05) is 56.0 Å². The molecule has 0 atom stereocenters. The highest BCUT2D eigenvalue weighted by molar-refractivity contribution is 7.80. The Balaban J connectivity index is 1.46. The molecule has 0 aliphatic heterocycles. The van der Waals surface area contributed by atoms with E-state index in [0.717, 1.165) is 22.9 Å². The highest BCUT2D eigenvalue weighted by Gasteiger charge is 2.18. The van der Waals surface area contributed by atoms with Crippen LogP contribution in [-0.4, -0.2) is 23.5 Å². The minimum absolute atomic E-state index is 0.0381. The van der Waals surface area contributed by atoms with Gasteiger partial charge in [0.15, 0.2) is 5.11 Å². The number of carbonyl (C=O) groups excluding carboxylic acids is 2. The van der Waals surface area contributed by atoms with Crippen molar-refractivity contribution in [2.45, 2.75) is 32.6 Å². The van der Waals surface area contributed by atoms with E-state index in [9.17, 15) is 9.59 Å². The molecule has 9 heteroatoms. The summed E-state index contributed by atoms with van der Waals surface area (Å²) in [6, 6.07) is 14.3. The van der Waals surface area contributed by atoms with Gasteiger partial charge in [0, 0.05) is 15.6 Å². The van der Waals surface area contributed by atoms with E-state index in [-0.39, 0.29) is 5.11 Å². The van der Waals surface area contributed by atoms with E-state index in [1.54, 1.807) is 24.3 Å². The quantitative estimate of drug-likeness (QED) is 0.222. The van der Waals surface area contributed by atoms with Gasteiger partial charge in [-0.3, -0.25) is 25.8 Å². The van der Waals surface area contributed by atoms with Gasteiger partial charge in [-0.2, -0.15) is 0 Å². The lowest BCUT2D eigenvalue weighted by atomic mass is 10.2. The smallest absolute Gasteiger partial charge is 0.269 e. The van der Waals surface area contributed by atoms with Crippen molar-refractivity contribution in [2.24, 2.45) is 0 Å². The van der Waals surface area contributed by atoms with Gasteiger partial charge >= 0.3 is 0 Å². The normalized spacial score (nSPS) is 10.6. The van der Waals surface area contributed by atoms with E-state index in [1.807, 2.05) is 24.3 Å². The maximum Gasteiger partial charge on any atom is 0.269 e. The van der Waals surface area contributed by atoms with Crippen molar-refractivity contribution in [1.82, 2.24) is 16.2 Å². The number of carbonyl (C=O) groups is 2. The molecule has 0 spiro atoms. The summed E-state index contributed by atoms with van der Waals surface area (Å²) in [6.45, 7) is 2.83. The summed E-state index contributed by atoms with van der Waals surface area (Å²) in [5.74, 6) is -0.117. The standard InChI is InChI=1S/C23H24ClN3O3S2/c1-2-3-4-7-14-30-16-12-10-15(11-13-16)21(28)26-27-23(31)25-22(29)20-19(24)17-8-5-6-9-18(17)32-20/h5-6,8-13H,2-4,7,14H2,1H3,(H,26,28)(H2,25,27,29,31). The molecule has 3 rings (SSSR count). The molecule has 0 fully saturated rings. The lowest BCUT2D eigenvalue weighted by molar-refractivity contribution is 0.0935. The molecule has 0 unspecified atom stereocenters. The largest absolute Gasteiger partial charge is 0.494 e. The van der Waals surface area contributed by atoms with Crippen LogP contribution in [0.25, 0.3) is 10.1 Å². The predicted octanol–water partition coefficient (Wildman–Crippen LogP) is 5.46. The molecule has 0 aliphatic rings. The topological polar surface area (TPSA) is 79.5 Å². The third-order valence-electron chi connectivity index (χ3n) is 4.64. The summed E-state index contributed by atoms with van der Waals surface area (Å²) in [5, 5.41) is 3.67. The number of halogens is 1. The second-order valence-corrected chi connectivity index (χ2v) is 8.88. The second-order valence-electron chi connectivity index (χ2n) is 7.04. The zero-order valence-electron chi connectivity index (χ0n) is 17.6. The Morgan fingerprint density at radius 3 is 2.47 bits per heavy atom. The fraction of sp³-hybridized carbons (Fsp3) is 0.261. The minimum atomic E-state index is -0.441. The average Bonchev–Trinajstić information content (AvgIpc) is 3.14. The molecule has 0 bridgehead atoms. The Labute approximate surface area is 201 Å². The summed E-state index contributed by atoms with van der Waals surface area (Å²) in [6.07, 6.45) is 4.54. The Morgan fingerprint density at radius 1 is 1.00 bits per heavy atom. The maximum absolute atomic E-state index is 12.5. The zero-order chi connectivity index (χ0) is 22.9. The third kappa shape index (κ3) is 6.41. The molecule has 0 saturated heterocycles. The Morgan fingerprint density at radius 2 is 1.75 bits per heavy atom. The molecule has 0 saturated carbocycles. The first kappa shape index (κ1) is 24.0. The van der Waals surface area contributed by atoms with Crippen molar-refractivity contribution in [3.63, 3.8) is 0 Å². The van der Waals surface area contributed by atoms with E-state index in [2.05, 4.69) is 23.1 Å². The highest BCUT2D eigenvalue weighted by atomic mass is 35.5. The fourth-order valence-electron chi connectivity index (χ4n) is 2.96. The third-order valence-corrected chi connectivity index (χ3v) is 6.52. The molecule has 3 N–H and O–H groups in total. The van der Waals surface area contributed by atoms with Crippen LogP contribution in [0.3, 0.4) is 0 Å². The zero-order valence-corrected chi connectivity index (χ0v) is 20.0. The number of benzene rings is 2. The van der Waals surface area contributed by atoms with Crippen LogP contribution in [0.5, 0.6) is 5.75 Å². The molecule has 3 aromatic rings. The Kier molecular flexibility index (Phi) is 8.84. The Hall–Kier alpha value is -2.68. The van der Waals surface area contributed by atoms with Crippen molar-refractivity contribution in [2.75, 3.05) is 6.61 Å². The number of nitrogens with one attached hydrogen (secondary N) is 3. The van der Waals surface area contributed by atoms with Crippen LogP contribution >= 0.6 is 35.2 Å². The number of hydrogen-bond donors (Lipinski definition) is 3. The van der Waals surface area contributed by atoms with Crippen LogP contribution in [0.15, 0.2) is 48.5 Å². The van der Waals surface area contributed by atoms with E-state index in [0.29, 0.717) is 27.8 Å². The van der Waals surface area contributed by atoms with Gasteiger partial charge in [-0.05, 0) is 49.0 Å². The van der Waals surface area contributed by atoms with Crippen molar-refractivity contribution in [3.8, 4) is 5.75 Å². The van der Waals surface area contributed by atoms with Gasteiger partial charge < -0.3 is 4.74 Å². The van der Waals surface area contributed by atoms with Crippen LogP contribution in [0, 0.1) is 0 Å². The van der Waals surface area contributed by atoms with Gasteiger partial charge in [0.25, 0.3) is 11.8 Å².